The van der Waals surface area contributed by atoms with E-state index in [1.165, 1.54) is 16.4 Å². The Labute approximate surface area is 140 Å². The first-order valence-corrected chi connectivity index (χ1v) is 7.87. The first-order valence-electron chi connectivity index (χ1n) is 7.87. The molecule has 1 aromatic heterocycles. The van der Waals surface area contributed by atoms with E-state index in [0.717, 1.165) is 12.0 Å². The summed E-state index contributed by atoms with van der Waals surface area (Å²) < 4.78 is 1.22. The fourth-order valence-corrected chi connectivity index (χ4v) is 2.34. The van der Waals surface area contributed by atoms with Gasteiger partial charge in [0.2, 0.25) is 5.91 Å². The highest BCUT2D eigenvalue weighted by Crippen LogP contribution is 2.10. The predicted molar refractivity (Wildman–Crippen MR) is 88.2 cm³/mol. The number of aromatic nitrogens is 3. The first kappa shape index (κ1) is 17.7. The predicted octanol–water partition coefficient (Wildman–Crippen LogP) is 1.42. The van der Waals surface area contributed by atoms with Crippen LogP contribution in [0.15, 0.2) is 30.5 Å². The van der Waals surface area contributed by atoms with E-state index in [1.807, 2.05) is 12.1 Å². The van der Waals surface area contributed by atoms with Crippen molar-refractivity contribution < 1.29 is 14.7 Å². The van der Waals surface area contributed by atoms with Gasteiger partial charge in [-0.25, -0.2) is 4.68 Å². The van der Waals surface area contributed by atoms with Crippen LogP contribution in [-0.2, 0) is 35.5 Å². The maximum absolute atomic E-state index is 12.0. The van der Waals surface area contributed by atoms with Crippen molar-refractivity contribution in [3.05, 3.63) is 47.3 Å². The molecule has 0 bridgehead atoms. The van der Waals surface area contributed by atoms with Gasteiger partial charge in [0.1, 0.15) is 12.2 Å². The van der Waals surface area contributed by atoms with Crippen molar-refractivity contribution in [2.75, 3.05) is 0 Å². The Bertz CT molecular complexity index is 692. The minimum absolute atomic E-state index is 0.112. The highest BCUT2D eigenvalue weighted by molar-refractivity contribution is 5.78. The number of carboxylic acids is 1. The van der Waals surface area contributed by atoms with Crippen molar-refractivity contribution >= 4 is 11.9 Å². The number of aliphatic carboxylic acids is 1. The maximum Gasteiger partial charge on any atom is 0.325 e. The van der Waals surface area contributed by atoms with E-state index in [2.05, 4.69) is 41.6 Å². The van der Waals surface area contributed by atoms with Crippen LogP contribution in [-0.4, -0.2) is 32.0 Å². The monoisotopic (exact) mass is 330 g/mol. The molecular weight excluding hydrogens is 308 g/mol. The molecule has 1 aromatic carbocycles. The topological polar surface area (TPSA) is 97.1 Å². The number of carbonyl (C=O) groups excluding carboxylic acids is 1. The Hall–Kier alpha value is -2.70. The van der Waals surface area contributed by atoms with E-state index < -0.39 is 5.97 Å². The number of hydrogen-bond donors (Lipinski definition) is 2. The van der Waals surface area contributed by atoms with Crippen molar-refractivity contribution in [3.63, 3.8) is 0 Å². The van der Waals surface area contributed by atoms with Gasteiger partial charge in [-0.2, -0.15) is 0 Å². The minimum atomic E-state index is -0.989. The smallest absolute Gasteiger partial charge is 0.325 e. The standard InChI is InChI=1S/C17H22N4O3/c1-12(2)7-13-3-5-14(6-4-13)8-16(22)18-9-15-10-21(20-19-15)11-17(23)24/h3-6,10,12H,7-9,11H2,1-2H3,(H,18,22)(H,23,24). The molecule has 2 aromatic rings. The fraction of sp³-hybridized carbons (Fsp3) is 0.412. The quantitative estimate of drug-likeness (QED) is 0.763. The molecule has 0 spiro atoms. The van der Waals surface area contributed by atoms with Gasteiger partial charge in [-0.3, -0.25) is 9.59 Å². The lowest BCUT2D eigenvalue weighted by Gasteiger charge is -2.07. The Kier molecular flexibility index (Phi) is 6.06. The molecule has 0 fully saturated rings. The average molecular weight is 330 g/mol. The second kappa shape index (κ2) is 8.24. The number of nitrogens with zero attached hydrogens (tertiary/aromatic N) is 3. The third-order valence-electron chi connectivity index (χ3n) is 3.38. The van der Waals surface area contributed by atoms with Crippen LogP contribution < -0.4 is 5.32 Å². The summed E-state index contributed by atoms with van der Waals surface area (Å²) in [6.45, 7) is 4.33. The molecule has 2 rings (SSSR count). The SMILES string of the molecule is CC(C)Cc1ccc(CC(=O)NCc2cn(CC(=O)O)nn2)cc1. The zero-order chi connectivity index (χ0) is 17.5. The molecule has 0 saturated heterocycles. The van der Waals surface area contributed by atoms with E-state index in [-0.39, 0.29) is 19.0 Å². The molecule has 0 saturated carbocycles. The van der Waals surface area contributed by atoms with Gasteiger partial charge in [0, 0.05) is 0 Å². The third kappa shape index (κ3) is 5.83. The Balaban J connectivity index is 1.80. The minimum Gasteiger partial charge on any atom is -0.480 e. The molecule has 0 radical (unpaired) electrons. The van der Waals surface area contributed by atoms with E-state index in [1.54, 1.807) is 0 Å². The normalized spacial score (nSPS) is 10.8. The lowest BCUT2D eigenvalue weighted by Crippen LogP contribution is -2.24. The number of carboxylic acid groups (broad SMARTS) is 1. The van der Waals surface area contributed by atoms with Crippen molar-refractivity contribution in [2.24, 2.45) is 5.92 Å². The van der Waals surface area contributed by atoms with Gasteiger partial charge in [0.05, 0.1) is 19.2 Å². The summed E-state index contributed by atoms with van der Waals surface area (Å²) in [4.78, 5) is 22.5. The summed E-state index contributed by atoms with van der Waals surface area (Å²) in [6.07, 6.45) is 2.83. The van der Waals surface area contributed by atoms with Crippen molar-refractivity contribution in [1.29, 1.82) is 0 Å². The van der Waals surface area contributed by atoms with Crippen LogP contribution in [0, 0.1) is 5.92 Å². The van der Waals surface area contributed by atoms with Gasteiger partial charge in [-0.1, -0.05) is 43.3 Å². The van der Waals surface area contributed by atoms with Crippen molar-refractivity contribution in [3.8, 4) is 0 Å². The van der Waals surface area contributed by atoms with Crippen LogP contribution in [0.1, 0.15) is 30.7 Å². The number of benzene rings is 1. The van der Waals surface area contributed by atoms with Crippen LogP contribution in [0.5, 0.6) is 0 Å². The summed E-state index contributed by atoms with van der Waals surface area (Å²) in [7, 11) is 0. The molecule has 128 valence electrons. The molecule has 2 N–H and O–H groups in total. The lowest BCUT2D eigenvalue weighted by atomic mass is 10.0. The number of hydrogen-bond acceptors (Lipinski definition) is 4. The summed E-state index contributed by atoms with van der Waals surface area (Å²) in [5, 5.41) is 18.9. The number of carbonyl (C=O) groups is 2. The van der Waals surface area contributed by atoms with E-state index in [0.29, 0.717) is 18.0 Å². The summed E-state index contributed by atoms with van der Waals surface area (Å²) >= 11 is 0. The summed E-state index contributed by atoms with van der Waals surface area (Å²) in [5.74, 6) is -0.496. The van der Waals surface area contributed by atoms with Crippen molar-refractivity contribution in [2.45, 2.75) is 39.8 Å². The highest BCUT2D eigenvalue weighted by atomic mass is 16.4. The van der Waals surface area contributed by atoms with Crippen LogP contribution in [0.4, 0.5) is 0 Å². The molecule has 0 atom stereocenters. The molecule has 0 aliphatic heterocycles. The number of amides is 1. The third-order valence-corrected chi connectivity index (χ3v) is 3.38. The summed E-state index contributed by atoms with van der Waals surface area (Å²) in [5.41, 5.74) is 2.75. The Morgan fingerprint density at radius 2 is 1.88 bits per heavy atom. The van der Waals surface area contributed by atoms with Gasteiger partial charge < -0.3 is 10.4 Å². The van der Waals surface area contributed by atoms with Gasteiger partial charge in [-0.05, 0) is 23.5 Å². The maximum atomic E-state index is 12.0. The second-order valence-corrected chi connectivity index (χ2v) is 6.17. The van der Waals surface area contributed by atoms with Crippen LogP contribution in [0.25, 0.3) is 0 Å². The molecule has 1 amide bonds. The molecule has 1 heterocycles. The lowest BCUT2D eigenvalue weighted by molar-refractivity contribution is -0.138. The van der Waals surface area contributed by atoms with E-state index >= 15 is 0 Å². The van der Waals surface area contributed by atoms with Crippen molar-refractivity contribution in [1.82, 2.24) is 20.3 Å². The Morgan fingerprint density at radius 1 is 1.21 bits per heavy atom. The molecule has 0 aliphatic carbocycles. The summed E-state index contributed by atoms with van der Waals surface area (Å²) in [6, 6.07) is 8.06. The first-order chi connectivity index (χ1) is 11.4. The Morgan fingerprint density at radius 3 is 2.50 bits per heavy atom. The molecule has 24 heavy (non-hydrogen) atoms. The van der Waals surface area contributed by atoms with Gasteiger partial charge in [0.25, 0.3) is 0 Å². The number of rotatable bonds is 8. The molecule has 7 heteroatoms. The van der Waals surface area contributed by atoms with Crippen LogP contribution in [0.3, 0.4) is 0 Å². The zero-order valence-corrected chi connectivity index (χ0v) is 13.9. The molecule has 0 unspecified atom stereocenters. The second-order valence-electron chi connectivity index (χ2n) is 6.17. The van der Waals surface area contributed by atoms with Crippen LogP contribution in [0.2, 0.25) is 0 Å². The van der Waals surface area contributed by atoms with Gasteiger partial charge >= 0.3 is 5.97 Å². The van der Waals surface area contributed by atoms with Crippen LogP contribution >= 0.6 is 0 Å². The van der Waals surface area contributed by atoms with E-state index in [9.17, 15) is 9.59 Å². The van der Waals surface area contributed by atoms with E-state index in [4.69, 9.17) is 5.11 Å². The van der Waals surface area contributed by atoms with Gasteiger partial charge in [-0.15, -0.1) is 5.10 Å². The molecule has 0 aliphatic rings. The highest BCUT2D eigenvalue weighted by Gasteiger charge is 2.07. The number of nitrogens with one attached hydrogen (secondary N) is 1. The van der Waals surface area contributed by atoms with Gasteiger partial charge in [0.15, 0.2) is 0 Å². The fourth-order valence-electron chi connectivity index (χ4n) is 2.34. The largest absolute Gasteiger partial charge is 0.480 e. The molecule has 7 nitrogen and oxygen atoms in total. The molecular formula is C17H22N4O3. The average Bonchev–Trinajstić information content (AvgIpc) is 2.93. The zero-order valence-electron chi connectivity index (χ0n) is 13.9.